The third-order valence-electron chi connectivity index (χ3n) is 3.00. The first-order valence-electron chi connectivity index (χ1n) is 6.22. The number of nitrogens with zero attached hydrogens (tertiary/aromatic N) is 5. The highest BCUT2D eigenvalue weighted by Crippen LogP contribution is 2.08. The van der Waals surface area contributed by atoms with Crippen molar-refractivity contribution in [3.63, 3.8) is 0 Å². The van der Waals surface area contributed by atoms with Crippen molar-refractivity contribution in [2.24, 2.45) is 11.0 Å². The standard InChI is InChI=1S/C11H16IN5O4/c12-5-9(14-15-13)17-10(20)2-4-16(11(17)21)3-1-8(6-18)7-19/h2,4,8-9,18-19H,1,3,5-7H2/t9-/m1/s1. The van der Waals surface area contributed by atoms with Crippen LogP contribution in [0, 0.1) is 5.92 Å². The predicted octanol–water partition coefficient (Wildman–Crippen LogP) is 0.245. The Morgan fingerprint density at radius 2 is 2.05 bits per heavy atom. The number of hydrogen-bond acceptors (Lipinski definition) is 5. The summed E-state index contributed by atoms with van der Waals surface area (Å²) >= 11 is 1.93. The van der Waals surface area contributed by atoms with Crippen molar-refractivity contribution in [3.8, 4) is 0 Å². The number of rotatable bonds is 8. The lowest BCUT2D eigenvalue weighted by molar-refractivity contribution is 0.139. The molecule has 0 aromatic carbocycles. The van der Waals surface area contributed by atoms with E-state index in [1.54, 1.807) is 0 Å². The number of aliphatic hydroxyl groups is 2. The molecule has 0 aliphatic carbocycles. The van der Waals surface area contributed by atoms with Crippen molar-refractivity contribution in [3.05, 3.63) is 43.5 Å². The fourth-order valence-corrected chi connectivity index (χ4v) is 2.32. The van der Waals surface area contributed by atoms with E-state index in [4.69, 9.17) is 15.7 Å². The van der Waals surface area contributed by atoms with Gasteiger partial charge >= 0.3 is 5.69 Å². The van der Waals surface area contributed by atoms with E-state index in [0.717, 1.165) is 4.57 Å². The van der Waals surface area contributed by atoms with Gasteiger partial charge in [-0.05, 0) is 12.0 Å². The molecule has 1 aromatic heterocycles. The summed E-state index contributed by atoms with van der Waals surface area (Å²) in [6.07, 6.45) is 0.865. The van der Waals surface area contributed by atoms with E-state index in [0.29, 0.717) is 6.42 Å². The third-order valence-corrected chi connectivity index (χ3v) is 3.79. The minimum Gasteiger partial charge on any atom is -0.396 e. The lowest BCUT2D eigenvalue weighted by Crippen LogP contribution is -2.41. The molecular weight excluding hydrogens is 393 g/mol. The maximum Gasteiger partial charge on any atom is 0.331 e. The average molecular weight is 409 g/mol. The highest BCUT2D eigenvalue weighted by atomic mass is 127. The summed E-state index contributed by atoms with van der Waals surface area (Å²) in [4.78, 5) is 26.7. The summed E-state index contributed by atoms with van der Waals surface area (Å²) in [5.41, 5.74) is 7.38. The lowest BCUT2D eigenvalue weighted by atomic mass is 10.1. The SMILES string of the molecule is [N-]=[N+]=N[C@@H](CI)n1c(=O)ccn(CCC(CO)CO)c1=O. The van der Waals surface area contributed by atoms with Crippen LogP contribution < -0.4 is 11.2 Å². The molecule has 0 bridgehead atoms. The molecule has 1 heterocycles. The van der Waals surface area contributed by atoms with E-state index in [-0.39, 0.29) is 30.1 Å². The Balaban J connectivity index is 3.12. The highest BCUT2D eigenvalue weighted by molar-refractivity contribution is 14.1. The van der Waals surface area contributed by atoms with Gasteiger partial charge in [-0.1, -0.05) is 27.7 Å². The van der Waals surface area contributed by atoms with E-state index >= 15 is 0 Å². The number of aliphatic hydroxyl groups excluding tert-OH is 2. The van der Waals surface area contributed by atoms with E-state index in [1.807, 2.05) is 22.6 Å². The Kier molecular flexibility index (Phi) is 7.43. The summed E-state index contributed by atoms with van der Waals surface area (Å²) in [6.45, 7) is -0.116. The molecule has 116 valence electrons. The maximum absolute atomic E-state index is 12.3. The molecule has 10 heteroatoms. The van der Waals surface area contributed by atoms with Crippen LogP contribution in [0.4, 0.5) is 0 Å². The van der Waals surface area contributed by atoms with Gasteiger partial charge in [-0.15, -0.1) is 0 Å². The smallest absolute Gasteiger partial charge is 0.331 e. The van der Waals surface area contributed by atoms with Gasteiger partial charge in [0.15, 0.2) is 0 Å². The number of halogens is 1. The first-order chi connectivity index (χ1) is 10.1. The molecule has 0 saturated heterocycles. The van der Waals surface area contributed by atoms with Crippen molar-refractivity contribution >= 4 is 22.6 Å². The molecule has 0 spiro atoms. The Bertz CT molecular complexity index is 618. The summed E-state index contributed by atoms with van der Waals surface area (Å²) in [7, 11) is 0. The molecule has 0 fully saturated rings. The van der Waals surface area contributed by atoms with Gasteiger partial charge in [0.25, 0.3) is 5.56 Å². The zero-order valence-corrected chi connectivity index (χ0v) is 13.3. The van der Waals surface area contributed by atoms with Crippen LogP contribution in [-0.2, 0) is 6.54 Å². The number of azide groups is 1. The molecular formula is C11H16IN5O4. The molecule has 0 radical (unpaired) electrons. The van der Waals surface area contributed by atoms with E-state index in [2.05, 4.69) is 10.0 Å². The van der Waals surface area contributed by atoms with Crippen LogP contribution in [0.1, 0.15) is 12.6 Å². The topological polar surface area (TPSA) is 133 Å². The van der Waals surface area contributed by atoms with Gasteiger partial charge in [0.05, 0.1) is 0 Å². The minimum absolute atomic E-state index is 0.181. The maximum atomic E-state index is 12.3. The van der Waals surface area contributed by atoms with Crippen molar-refractivity contribution in [1.29, 1.82) is 0 Å². The third kappa shape index (κ3) is 4.56. The average Bonchev–Trinajstić information content (AvgIpc) is 2.49. The summed E-state index contributed by atoms with van der Waals surface area (Å²) < 4.78 is 2.49. The van der Waals surface area contributed by atoms with Gasteiger partial charge in [0.1, 0.15) is 6.17 Å². The fourth-order valence-electron chi connectivity index (χ4n) is 1.75. The van der Waals surface area contributed by atoms with Crippen molar-refractivity contribution in [2.75, 3.05) is 17.6 Å². The molecule has 0 aliphatic heterocycles. The van der Waals surface area contributed by atoms with Gasteiger partial charge in [-0.2, -0.15) is 0 Å². The quantitative estimate of drug-likeness (QED) is 0.209. The van der Waals surface area contributed by atoms with Crippen LogP contribution in [0.15, 0.2) is 27.0 Å². The Labute approximate surface area is 133 Å². The van der Waals surface area contributed by atoms with Crippen LogP contribution in [-0.4, -0.2) is 37.0 Å². The fraction of sp³-hybridized carbons (Fsp3) is 0.636. The molecule has 1 atom stereocenters. The van der Waals surface area contributed by atoms with Crippen molar-refractivity contribution in [2.45, 2.75) is 19.1 Å². The molecule has 0 saturated carbocycles. The number of hydrogen-bond donors (Lipinski definition) is 2. The van der Waals surface area contributed by atoms with Crippen LogP contribution in [0.2, 0.25) is 0 Å². The second kappa shape index (κ2) is 8.82. The Hall–Kier alpha value is -1.36. The zero-order valence-electron chi connectivity index (χ0n) is 11.2. The summed E-state index contributed by atoms with van der Waals surface area (Å²) in [5.74, 6) is -0.324. The molecule has 21 heavy (non-hydrogen) atoms. The largest absolute Gasteiger partial charge is 0.396 e. The summed E-state index contributed by atoms with van der Waals surface area (Å²) in [6, 6.07) is 1.22. The number of aryl methyl sites for hydroxylation is 1. The van der Waals surface area contributed by atoms with Gasteiger partial charge in [0.2, 0.25) is 0 Å². The molecule has 0 amide bonds. The molecule has 1 aromatic rings. The number of alkyl halides is 1. The molecule has 9 nitrogen and oxygen atoms in total. The van der Waals surface area contributed by atoms with Crippen molar-refractivity contribution in [1.82, 2.24) is 9.13 Å². The number of aromatic nitrogens is 2. The Morgan fingerprint density at radius 3 is 2.57 bits per heavy atom. The first-order valence-corrected chi connectivity index (χ1v) is 7.75. The predicted molar refractivity (Wildman–Crippen MR) is 84.3 cm³/mol. The van der Waals surface area contributed by atoms with Crippen LogP contribution >= 0.6 is 22.6 Å². The van der Waals surface area contributed by atoms with E-state index in [9.17, 15) is 9.59 Å². The zero-order chi connectivity index (χ0) is 15.8. The van der Waals surface area contributed by atoms with Crippen LogP contribution in [0.3, 0.4) is 0 Å². The van der Waals surface area contributed by atoms with E-state index in [1.165, 1.54) is 16.8 Å². The first kappa shape index (κ1) is 17.7. The van der Waals surface area contributed by atoms with Crippen LogP contribution in [0.25, 0.3) is 10.4 Å². The minimum atomic E-state index is -0.880. The molecule has 1 rings (SSSR count). The van der Waals surface area contributed by atoms with Crippen molar-refractivity contribution < 1.29 is 10.2 Å². The van der Waals surface area contributed by atoms with Gasteiger partial charge < -0.3 is 14.8 Å². The second-order valence-electron chi connectivity index (χ2n) is 4.36. The highest BCUT2D eigenvalue weighted by Gasteiger charge is 2.15. The Morgan fingerprint density at radius 1 is 1.38 bits per heavy atom. The monoisotopic (exact) mass is 409 g/mol. The molecule has 0 aliphatic rings. The normalized spacial score (nSPS) is 12.2. The van der Waals surface area contributed by atoms with E-state index < -0.39 is 17.4 Å². The second-order valence-corrected chi connectivity index (χ2v) is 5.24. The van der Waals surface area contributed by atoms with Gasteiger partial charge in [-0.25, -0.2) is 4.79 Å². The molecule has 2 N–H and O–H groups in total. The lowest BCUT2D eigenvalue weighted by Gasteiger charge is -2.15. The van der Waals surface area contributed by atoms with Crippen LogP contribution in [0.5, 0.6) is 0 Å². The van der Waals surface area contributed by atoms with Gasteiger partial charge in [-0.3, -0.25) is 9.36 Å². The summed E-state index contributed by atoms with van der Waals surface area (Å²) in [5, 5.41) is 21.5. The molecule has 0 unspecified atom stereocenters. The van der Waals surface area contributed by atoms with Gasteiger partial charge in [0, 0.05) is 47.3 Å².